The molecule has 2 rings (SSSR count). The Labute approximate surface area is 141 Å². The minimum atomic E-state index is -0.249. The van der Waals surface area contributed by atoms with Gasteiger partial charge in [-0.25, -0.2) is 0 Å². The number of para-hydroxylation sites is 1. The number of halogens is 1. The van der Waals surface area contributed by atoms with E-state index in [0.29, 0.717) is 28.7 Å². The standard InChI is InChI=1S/C18H20ClNO3/c1-4-9-23-17-14(19)10-13(11-16(17)22-3)18(21)20-15-8-6-5-7-12(15)2/h5-8,10-11H,4,9H2,1-3H3,(H,20,21). The van der Waals surface area contributed by atoms with E-state index in [9.17, 15) is 4.79 Å². The van der Waals surface area contributed by atoms with Crippen LogP contribution in [0.2, 0.25) is 5.02 Å². The molecule has 0 spiro atoms. The van der Waals surface area contributed by atoms with Crippen molar-refractivity contribution in [3.8, 4) is 11.5 Å². The highest BCUT2D eigenvalue weighted by atomic mass is 35.5. The van der Waals surface area contributed by atoms with Gasteiger partial charge in [0.25, 0.3) is 5.91 Å². The minimum absolute atomic E-state index is 0.249. The highest BCUT2D eigenvalue weighted by Gasteiger charge is 2.16. The molecule has 0 aliphatic carbocycles. The molecule has 122 valence electrons. The third kappa shape index (κ3) is 4.17. The number of ether oxygens (including phenoxy) is 2. The van der Waals surface area contributed by atoms with Crippen LogP contribution in [0.1, 0.15) is 29.3 Å². The van der Waals surface area contributed by atoms with Crippen LogP contribution in [0.5, 0.6) is 11.5 Å². The lowest BCUT2D eigenvalue weighted by Crippen LogP contribution is -2.13. The number of aryl methyl sites for hydroxylation is 1. The fourth-order valence-electron chi connectivity index (χ4n) is 2.10. The van der Waals surface area contributed by atoms with Crippen molar-refractivity contribution in [2.24, 2.45) is 0 Å². The van der Waals surface area contributed by atoms with Gasteiger partial charge in [0.1, 0.15) is 0 Å². The van der Waals surface area contributed by atoms with Crippen molar-refractivity contribution in [3.63, 3.8) is 0 Å². The molecule has 1 amide bonds. The second-order valence-corrected chi connectivity index (χ2v) is 5.51. The summed E-state index contributed by atoms with van der Waals surface area (Å²) >= 11 is 6.24. The molecule has 2 aromatic rings. The van der Waals surface area contributed by atoms with Crippen LogP contribution in [0, 0.1) is 6.92 Å². The van der Waals surface area contributed by atoms with E-state index in [2.05, 4.69) is 5.32 Å². The van der Waals surface area contributed by atoms with Crippen LogP contribution < -0.4 is 14.8 Å². The minimum Gasteiger partial charge on any atom is -0.493 e. The third-order valence-corrected chi connectivity index (χ3v) is 3.62. The predicted octanol–water partition coefficient (Wildman–Crippen LogP) is 4.70. The Morgan fingerprint density at radius 1 is 1.26 bits per heavy atom. The van der Waals surface area contributed by atoms with Crippen LogP contribution in [0.25, 0.3) is 0 Å². The summed E-state index contributed by atoms with van der Waals surface area (Å²) in [6.45, 7) is 4.47. The number of hydrogen-bond donors (Lipinski definition) is 1. The molecule has 0 radical (unpaired) electrons. The predicted molar refractivity (Wildman–Crippen MR) is 92.9 cm³/mol. The van der Waals surface area contributed by atoms with E-state index < -0.39 is 0 Å². The zero-order valence-electron chi connectivity index (χ0n) is 13.5. The molecule has 0 atom stereocenters. The van der Waals surface area contributed by atoms with Crippen LogP contribution in [0.15, 0.2) is 36.4 Å². The van der Waals surface area contributed by atoms with Crippen molar-refractivity contribution in [3.05, 3.63) is 52.5 Å². The van der Waals surface area contributed by atoms with Crippen molar-refractivity contribution in [1.29, 1.82) is 0 Å². The molecule has 0 heterocycles. The zero-order chi connectivity index (χ0) is 16.8. The summed E-state index contributed by atoms with van der Waals surface area (Å²) in [6.07, 6.45) is 0.856. The first-order valence-electron chi connectivity index (χ1n) is 7.44. The fraction of sp³-hybridized carbons (Fsp3) is 0.278. The molecule has 1 N–H and O–H groups in total. The molecule has 5 heteroatoms. The van der Waals surface area contributed by atoms with Crippen molar-refractivity contribution < 1.29 is 14.3 Å². The Kier molecular flexibility index (Phi) is 5.88. The first-order valence-corrected chi connectivity index (χ1v) is 7.82. The lowest BCUT2D eigenvalue weighted by Gasteiger charge is -2.14. The summed E-state index contributed by atoms with van der Waals surface area (Å²) in [5, 5.41) is 3.23. The highest BCUT2D eigenvalue weighted by Crippen LogP contribution is 2.36. The summed E-state index contributed by atoms with van der Waals surface area (Å²) in [7, 11) is 1.52. The van der Waals surface area contributed by atoms with Gasteiger partial charge in [-0.2, -0.15) is 0 Å². The molecule has 0 bridgehead atoms. The quantitative estimate of drug-likeness (QED) is 0.833. The molecule has 0 aliphatic heterocycles. The van der Waals surface area contributed by atoms with Crippen molar-refractivity contribution >= 4 is 23.2 Å². The number of rotatable bonds is 6. The Bertz CT molecular complexity index is 701. The van der Waals surface area contributed by atoms with Crippen LogP contribution in [-0.2, 0) is 0 Å². The second-order valence-electron chi connectivity index (χ2n) is 5.11. The van der Waals surface area contributed by atoms with Crippen LogP contribution >= 0.6 is 11.6 Å². The van der Waals surface area contributed by atoms with E-state index in [4.69, 9.17) is 21.1 Å². The van der Waals surface area contributed by atoms with E-state index in [1.165, 1.54) is 7.11 Å². The van der Waals surface area contributed by atoms with Crippen LogP contribution in [0.4, 0.5) is 5.69 Å². The molecule has 4 nitrogen and oxygen atoms in total. The summed E-state index contributed by atoms with van der Waals surface area (Å²) < 4.78 is 10.9. The van der Waals surface area contributed by atoms with Crippen molar-refractivity contribution in [2.75, 3.05) is 19.0 Å². The van der Waals surface area contributed by atoms with Gasteiger partial charge in [0.15, 0.2) is 11.5 Å². The lowest BCUT2D eigenvalue weighted by atomic mass is 10.1. The molecule has 0 fully saturated rings. The highest BCUT2D eigenvalue weighted by molar-refractivity contribution is 6.32. The zero-order valence-corrected chi connectivity index (χ0v) is 14.2. The van der Waals surface area contributed by atoms with Gasteiger partial charge in [-0.15, -0.1) is 0 Å². The number of benzene rings is 2. The summed E-state index contributed by atoms with van der Waals surface area (Å²) in [6, 6.07) is 10.8. The number of anilines is 1. The molecule has 0 aromatic heterocycles. The maximum atomic E-state index is 12.4. The summed E-state index contributed by atoms with van der Waals surface area (Å²) in [4.78, 5) is 12.4. The average molecular weight is 334 g/mol. The van der Waals surface area contributed by atoms with E-state index in [-0.39, 0.29) is 5.91 Å². The number of carbonyl (C=O) groups is 1. The topological polar surface area (TPSA) is 47.6 Å². The maximum absolute atomic E-state index is 12.4. The number of carbonyl (C=O) groups excluding carboxylic acids is 1. The Hall–Kier alpha value is -2.20. The van der Waals surface area contributed by atoms with Gasteiger partial charge in [0, 0.05) is 11.3 Å². The van der Waals surface area contributed by atoms with E-state index in [1.807, 2.05) is 38.1 Å². The summed E-state index contributed by atoms with van der Waals surface area (Å²) in [5.41, 5.74) is 2.17. The van der Waals surface area contributed by atoms with Crippen LogP contribution in [0.3, 0.4) is 0 Å². The molecule has 0 saturated carbocycles. The Balaban J connectivity index is 2.27. The second kappa shape index (κ2) is 7.88. The molecule has 0 aliphatic rings. The normalized spacial score (nSPS) is 10.3. The molecule has 23 heavy (non-hydrogen) atoms. The smallest absolute Gasteiger partial charge is 0.255 e. The van der Waals surface area contributed by atoms with Crippen molar-refractivity contribution in [2.45, 2.75) is 20.3 Å². The first-order chi connectivity index (χ1) is 11.1. The first kappa shape index (κ1) is 17.2. The van der Waals surface area contributed by atoms with Crippen molar-refractivity contribution in [1.82, 2.24) is 0 Å². The SMILES string of the molecule is CCCOc1c(Cl)cc(C(=O)Nc2ccccc2C)cc1OC. The molecule has 0 unspecified atom stereocenters. The van der Waals surface area contributed by atoms with Gasteiger partial charge in [-0.05, 0) is 37.1 Å². The van der Waals surface area contributed by atoms with Gasteiger partial charge in [-0.1, -0.05) is 36.7 Å². The lowest BCUT2D eigenvalue weighted by molar-refractivity contribution is 0.102. The fourth-order valence-corrected chi connectivity index (χ4v) is 2.37. The average Bonchev–Trinajstić information content (AvgIpc) is 2.55. The molecular formula is C18H20ClNO3. The Morgan fingerprint density at radius 2 is 2.00 bits per heavy atom. The van der Waals surface area contributed by atoms with E-state index in [1.54, 1.807) is 12.1 Å². The van der Waals surface area contributed by atoms with Crippen LogP contribution in [-0.4, -0.2) is 19.6 Å². The third-order valence-electron chi connectivity index (χ3n) is 3.34. The molecule has 2 aromatic carbocycles. The van der Waals surface area contributed by atoms with Gasteiger partial charge < -0.3 is 14.8 Å². The van der Waals surface area contributed by atoms with Gasteiger partial charge in [0.2, 0.25) is 0 Å². The largest absolute Gasteiger partial charge is 0.493 e. The van der Waals surface area contributed by atoms with Gasteiger partial charge in [-0.3, -0.25) is 4.79 Å². The molecule has 0 saturated heterocycles. The number of hydrogen-bond acceptors (Lipinski definition) is 3. The van der Waals surface area contributed by atoms with Gasteiger partial charge in [0.05, 0.1) is 18.7 Å². The van der Waals surface area contributed by atoms with Gasteiger partial charge >= 0.3 is 0 Å². The van der Waals surface area contributed by atoms with E-state index >= 15 is 0 Å². The Morgan fingerprint density at radius 3 is 2.65 bits per heavy atom. The maximum Gasteiger partial charge on any atom is 0.255 e. The molecular weight excluding hydrogens is 314 g/mol. The number of amides is 1. The monoisotopic (exact) mass is 333 g/mol. The number of methoxy groups -OCH3 is 1. The number of nitrogens with one attached hydrogen (secondary N) is 1. The summed E-state index contributed by atoms with van der Waals surface area (Å²) in [5.74, 6) is 0.658. The van der Waals surface area contributed by atoms with E-state index in [0.717, 1.165) is 17.7 Å².